The zero-order chi connectivity index (χ0) is 39.0. The van der Waals surface area contributed by atoms with E-state index in [4.69, 9.17) is 42.3 Å². The average molecular weight is 754 g/mol. The normalized spacial score (nSPS) is 29.1. The van der Waals surface area contributed by atoms with Gasteiger partial charge in [0.15, 0.2) is 45.3 Å². The monoisotopic (exact) mass is 753 g/mol. The van der Waals surface area contributed by atoms with Gasteiger partial charge in [-0.1, -0.05) is 44.1 Å². The molecule has 1 aromatic carbocycles. The molecule has 0 bridgehead atoms. The van der Waals surface area contributed by atoms with Crippen LogP contribution in [-0.2, 0) is 61.5 Å². The van der Waals surface area contributed by atoms with E-state index in [1.807, 2.05) is 33.9 Å². The van der Waals surface area contributed by atoms with Gasteiger partial charge in [-0.05, 0) is 35.8 Å². The minimum atomic E-state index is -2.71. The van der Waals surface area contributed by atoms with Gasteiger partial charge in [0.05, 0.1) is 12.2 Å². The first-order valence-corrected chi connectivity index (χ1v) is 19.4. The van der Waals surface area contributed by atoms with Gasteiger partial charge in [-0.2, -0.15) is 0 Å². The SMILES string of the molecule is CC(=O)OC[C@H]1O[C@@H](O[C@@H]2[C@@H](N=[N+]=[N-])[C@H](O[Si](C)(C)C(C)(C)C)O[C@H](CO)[C@@H]2OC(C)=O)[C@H](OC(=O)c2ccccc2)[C@@H](OC(C)=O)[C@H]1OC(C)=O. The van der Waals surface area contributed by atoms with Gasteiger partial charge >= 0.3 is 29.8 Å². The highest BCUT2D eigenvalue weighted by atomic mass is 28.4. The summed E-state index contributed by atoms with van der Waals surface area (Å²) in [5, 5.41) is 14.0. The van der Waals surface area contributed by atoms with Crippen molar-refractivity contribution in [2.45, 2.75) is 128 Å². The maximum absolute atomic E-state index is 13.5. The predicted molar refractivity (Wildman–Crippen MR) is 179 cm³/mol. The molecule has 288 valence electrons. The summed E-state index contributed by atoms with van der Waals surface area (Å²) in [5.41, 5.74) is 9.80. The number of benzene rings is 1. The van der Waals surface area contributed by atoms with Crippen LogP contribution in [0.15, 0.2) is 35.4 Å². The Hall–Kier alpha value is -4.10. The van der Waals surface area contributed by atoms with E-state index in [1.165, 1.54) is 12.1 Å². The lowest BCUT2D eigenvalue weighted by molar-refractivity contribution is -0.339. The summed E-state index contributed by atoms with van der Waals surface area (Å²) < 4.78 is 52.9. The number of nitrogens with zero attached hydrogens (tertiary/aromatic N) is 3. The Balaban J connectivity index is 2.23. The maximum Gasteiger partial charge on any atom is 0.338 e. The van der Waals surface area contributed by atoms with Gasteiger partial charge in [0.2, 0.25) is 0 Å². The lowest BCUT2D eigenvalue weighted by Crippen LogP contribution is -2.67. The molecule has 19 heteroatoms. The molecular formula is C33H47N3O15Si. The molecule has 2 heterocycles. The third-order valence-electron chi connectivity index (χ3n) is 8.69. The van der Waals surface area contributed by atoms with Crippen molar-refractivity contribution in [2.75, 3.05) is 13.2 Å². The molecular weight excluding hydrogens is 706 g/mol. The fraction of sp³-hybridized carbons (Fsp3) is 0.667. The third-order valence-corrected chi connectivity index (χ3v) is 13.1. The number of esters is 5. The molecule has 2 saturated heterocycles. The van der Waals surface area contributed by atoms with E-state index in [2.05, 4.69) is 10.0 Å². The van der Waals surface area contributed by atoms with E-state index < -0.39 is 113 Å². The molecule has 2 fully saturated rings. The quantitative estimate of drug-likeness (QED) is 0.0761. The number of rotatable bonds is 13. The smallest absolute Gasteiger partial charge is 0.338 e. The second-order valence-electron chi connectivity index (χ2n) is 13.7. The number of aliphatic hydroxyl groups is 1. The van der Waals surface area contributed by atoms with E-state index in [0.29, 0.717) is 0 Å². The molecule has 1 aromatic rings. The zero-order valence-electron chi connectivity index (χ0n) is 30.6. The molecule has 0 aliphatic carbocycles. The van der Waals surface area contributed by atoms with Gasteiger partial charge in [0.1, 0.15) is 31.0 Å². The molecule has 0 amide bonds. The number of ether oxygens (including phenoxy) is 8. The van der Waals surface area contributed by atoms with Crippen LogP contribution in [-0.4, -0.2) is 118 Å². The minimum absolute atomic E-state index is 0.0767. The summed E-state index contributed by atoms with van der Waals surface area (Å²) in [5.74, 6) is -4.20. The Morgan fingerprint density at radius 3 is 1.83 bits per heavy atom. The van der Waals surface area contributed by atoms with Gasteiger partial charge in [-0.3, -0.25) is 19.2 Å². The number of azide groups is 1. The molecule has 3 rings (SSSR count). The summed E-state index contributed by atoms with van der Waals surface area (Å²) in [6.07, 6.45) is -13.7. The molecule has 0 unspecified atom stereocenters. The second kappa shape index (κ2) is 18.1. The van der Waals surface area contributed by atoms with Gasteiger partial charge < -0.3 is 47.4 Å². The number of hydrogen-bond acceptors (Lipinski definition) is 16. The molecule has 0 saturated carbocycles. The number of carbonyl (C=O) groups excluding carboxylic acids is 5. The summed E-state index contributed by atoms with van der Waals surface area (Å²) in [6.45, 7) is 12.8. The van der Waals surface area contributed by atoms with Crippen molar-refractivity contribution in [3.63, 3.8) is 0 Å². The van der Waals surface area contributed by atoms with Crippen LogP contribution in [0.1, 0.15) is 58.8 Å². The molecule has 1 N–H and O–H groups in total. The van der Waals surface area contributed by atoms with Crippen molar-refractivity contribution in [2.24, 2.45) is 5.11 Å². The summed E-state index contributed by atoms with van der Waals surface area (Å²) in [7, 11) is -2.71. The Labute approximate surface area is 302 Å². The second-order valence-corrected chi connectivity index (χ2v) is 18.5. The van der Waals surface area contributed by atoms with Crippen molar-refractivity contribution < 1.29 is 71.4 Å². The van der Waals surface area contributed by atoms with E-state index >= 15 is 0 Å². The van der Waals surface area contributed by atoms with Crippen LogP contribution in [0.2, 0.25) is 18.1 Å². The lowest BCUT2D eigenvalue weighted by atomic mass is 9.95. The van der Waals surface area contributed by atoms with Gasteiger partial charge in [-0.15, -0.1) is 0 Å². The highest BCUT2D eigenvalue weighted by Gasteiger charge is 2.57. The van der Waals surface area contributed by atoms with Crippen molar-refractivity contribution in [1.29, 1.82) is 0 Å². The predicted octanol–water partition coefficient (Wildman–Crippen LogP) is 3.10. The molecule has 2 aliphatic rings. The first kappa shape index (κ1) is 42.3. The Morgan fingerprint density at radius 1 is 0.788 bits per heavy atom. The van der Waals surface area contributed by atoms with Gasteiger partial charge in [0, 0.05) is 32.6 Å². The van der Waals surface area contributed by atoms with E-state index in [1.54, 1.807) is 18.2 Å². The van der Waals surface area contributed by atoms with Crippen molar-refractivity contribution >= 4 is 38.2 Å². The Morgan fingerprint density at radius 2 is 1.33 bits per heavy atom. The highest BCUT2D eigenvalue weighted by Crippen LogP contribution is 2.41. The summed E-state index contributed by atoms with van der Waals surface area (Å²) >= 11 is 0. The highest BCUT2D eigenvalue weighted by molar-refractivity contribution is 6.74. The van der Waals surface area contributed by atoms with Crippen molar-refractivity contribution in [3.05, 3.63) is 46.3 Å². The lowest BCUT2D eigenvalue weighted by Gasteiger charge is -2.50. The first-order valence-electron chi connectivity index (χ1n) is 16.5. The molecule has 0 radical (unpaired) electrons. The minimum Gasteiger partial charge on any atom is -0.463 e. The van der Waals surface area contributed by atoms with E-state index in [0.717, 1.165) is 27.7 Å². The van der Waals surface area contributed by atoms with E-state index in [9.17, 15) is 34.6 Å². The zero-order valence-corrected chi connectivity index (χ0v) is 31.6. The van der Waals surface area contributed by atoms with Crippen molar-refractivity contribution in [1.82, 2.24) is 0 Å². The number of carbonyl (C=O) groups is 5. The molecule has 18 nitrogen and oxygen atoms in total. The molecule has 0 aromatic heterocycles. The van der Waals surface area contributed by atoms with Crippen molar-refractivity contribution in [3.8, 4) is 0 Å². The standard InChI is InChI=1S/C33H47N3O15Si/c1-17(38)43-16-23-26(45-19(3)40)28(46-20(4)41)29(49-30(42)21-13-11-10-12-14-21)32(48-23)50-27-24(35-36-34)31(51-52(8,9)33(5,6)7)47-22(15-37)25(27)44-18(2)39/h10-14,22-29,31-32,37H,15-16H2,1-9H3/t22-,23-,24-,25+,26+,27-,28+,29-,31+,32+/m1/s1. The van der Waals surface area contributed by atoms with Crippen LogP contribution in [0.25, 0.3) is 10.4 Å². The van der Waals surface area contributed by atoms with Gasteiger partial charge in [-0.25, -0.2) is 4.79 Å². The topological polar surface area (TPSA) is 237 Å². The first-order chi connectivity index (χ1) is 24.3. The van der Waals surface area contributed by atoms with Crippen LogP contribution >= 0.6 is 0 Å². The average Bonchev–Trinajstić information content (AvgIpc) is 3.04. The van der Waals surface area contributed by atoms with Crippen LogP contribution in [0.4, 0.5) is 0 Å². The fourth-order valence-electron chi connectivity index (χ4n) is 5.30. The van der Waals surface area contributed by atoms with Crippen LogP contribution < -0.4 is 0 Å². The fourth-order valence-corrected chi connectivity index (χ4v) is 6.43. The molecule has 2 aliphatic heterocycles. The molecule has 0 spiro atoms. The largest absolute Gasteiger partial charge is 0.463 e. The number of hydrogen-bond donors (Lipinski definition) is 1. The Bertz CT molecular complexity index is 1480. The molecule has 52 heavy (non-hydrogen) atoms. The van der Waals surface area contributed by atoms with Crippen LogP contribution in [0.5, 0.6) is 0 Å². The Kier molecular flexibility index (Phi) is 14.7. The van der Waals surface area contributed by atoms with Crippen LogP contribution in [0.3, 0.4) is 0 Å². The molecule has 10 atom stereocenters. The number of aliphatic hydroxyl groups excluding tert-OH is 1. The van der Waals surface area contributed by atoms with Crippen LogP contribution in [0, 0.1) is 0 Å². The summed E-state index contributed by atoms with van der Waals surface area (Å²) in [4.78, 5) is 65.6. The summed E-state index contributed by atoms with van der Waals surface area (Å²) in [6, 6.07) is 6.31. The third kappa shape index (κ3) is 11.0. The maximum atomic E-state index is 13.5. The van der Waals surface area contributed by atoms with E-state index in [-0.39, 0.29) is 10.6 Å². The van der Waals surface area contributed by atoms with Gasteiger partial charge in [0.25, 0.3) is 0 Å².